The van der Waals surface area contributed by atoms with Gasteiger partial charge in [0.05, 0.1) is 24.7 Å². The second-order valence-electron chi connectivity index (χ2n) is 3.43. The number of anilines is 1. The summed E-state index contributed by atoms with van der Waals surface area (Å²) in [4.78, 5) is 4.16. The van der Waals surface area contributed by atoms with Crippen molar-refractivity contribution >= 4 is 5.69 Å². The number of rotatable bonds is 4. The Labute approximate surface area is 99.0 Å². The number of hydrogen-bond acceptors (Lipinski definition) is 5. The first-order valence-electron chi connectivity index (χ1n) is 5.25. The van der Waals surface area contributed by atoms with Crippen LogP contribution in [0.25, 0.3) is 0 Å². The molecule has 0 aliphatic heterocycles. The van der Waals surface area contributed by atoms with Crippen LogP contribution in [-0.2, 0) is 7.05 Å². The van der Waals surface area contributed by atoms with Gasteiger partial charge in [0.25, 0.3) is 0 Å². The number of hydrogen-bond donors (Lipinski definition) is 1. The highest BCUT2D eigenvalue weighted by Gasteiger charge is 2.06. The van der Waals surface area contributed by atoms with Crippen LogP contribution in [0.15, 0.2) is 24.5 Å². The molecule has 2 rings (SSSR count). The fourth-order valence-corrected chi connectivity index (χ4v) is 1.32. The van der Waals surface area contributed by atoms with Crippen LogP contribution in [0.1, 0.15) is 6.92 Å². The second-order valence-corrected chi connectivity index (χ2v) is 3.43. The molecule has 2 heterocycles. The maximum Gasteiger partial charge on any atom is 0.240 e. The summed E-state index contributed by atoms with van der Waals surface area (Å²) in [6.07, 6.45) is 3.36. The van der Waals surface area contributed by atoms with E-state index in [0.29, 0.717) is 29.8 Å². The molecule has 17 heavy (non-hydrogen) atoms. The highest BCUT2D eigenvalue weighted by molar-refractivity contribution is 5.49. The molecule has 0 aromatic carbocycles. The molecule has 0 unspecified atom stereocenters. The Bertz CT molecular complexity index is 510. The molecule has 0 aliphatic rings. The third kappa shape index (κ3) is 2.66. The van der Waals surface area contributed by atoms with E-state index in [-0.39, 0.29) is 0 Å². The third-order valence-corrected chi connectivity index (χ3v) is 2.05. The maximum absolute atomic E-state index is 5.71. The van der Waals surface area contributed by atoms with Crippen LogP contribution in [0.4, 0.5) is 5.69 Å². The van der Waals surface area contributed by atoms with Crippen molar-refractivity contribution in [1.29, 1.82) is 0 Å². The third-order valence-electron chi connectivity index (χ3n) is 2.05. The minimum Gasteiger partial charge on any atom is -0.476 e. The Kier molecular flexibility index (Phi) is 3.13. The summed E-state index contributed by atoms with van der Waals surface area (Å²) in [5.74, 6) is 1.43. The predicted molar refractivity (Wildman–Crippen MR) is 63.1 cm³/mol. The van der Waals surface area contributed by atoms with E-state index in [9.17, 15) is 0 Å². The molecule has 2 N–H and O–H groups in total. The van der Waals surface area contributed by atoms with Gasteiger partial charge in [-0.25, -0.2) is 0 Å². The number of nitrogen functional groups attached to an aromatic ring is 1. The first-order valence-corrected chi connectivity index (χ1v) is 5.25. The van der Waals surface area contributed by atoms with Crippen molar-refractivity contribution in [2.45, 2.75) is 6.92 Å². The van der Waals surface area contributed by atoms with Crippen molar-refractivity contribution in [1.82, 2.24) is 14.8 Å². The summed E-state index contributed by atoms with van der Waals surface area (Å²) in [5, 5.41) is 4.00. The van der Waals surface area contributed by atoms with Crippen molar-refractivity contribution in [3.63, 3.8) is 0 Å². The van der Waals surface area contributed by atoms with Crippen LogP contribution in [-0.4, -0.2) is 21.4 Å². The van der Waals surface area contributed by atoms with Gasteiger partial charge < -0.3 is 15.2 Å². The molecule has 0 saturated heterocycles. The predicted octanol–water partition coefficient (Wildman–Crippen LogP) is 1.59. The Morgan fingerprint density at radius 2 is 2.24 bits per heavy atom. The molecule has 2 aromatic heterocycles. The normalized spacial score (nSPS) is 10.2. The van der Waals surface area contributed by atoms with Crippen molar-refractivity contribution < 1.29 is 9.47 Å². The minimum atomic E-state index is 0.383. The lowest BCUT2D eigenvalue weighted by molar-refractivity contribution is 0.323. The largest absolute Gasteiger partial charge is 0.476 e. The molecule has 0 spiro atoms. The highest BCUT2D eigenvalue weighted by atomic mass is 16.5. The Hall–Kier alpha value is -2.24. The van der Waals surface area contributed by atoms with Gasteiger partial charge >= 0.3 is 0 Å². The zero-order valence-electron chi connectivity index (χ0n) is 9.75. The molecule has 0 fully saturated rings. The fourth-order valence-electron chi connectivity index (χ4n) is 1.32. The zero-order valence-corrected chi connectivity index (χ0v) is 9.75. The minimum absolute atomic E-state index is 0.383. The van der Waals surface area contributed by atoms with Crippen LogP contribution in [0.5, 0.6) is 17.5 Å². The molecular weight excluding hydrogens is 220 g/mol. The van der Waals surface area contributed by atoms with Crippen LogP contribution < -0.4 is 15.2 Å². The fraction of sp³-hybridized carbons (Fsp3) is 0.273. The molecule has 0 amide bonds. The lowest BCUT2D eigenvalue weighted by Gasteiger charge is -2.07. The number of aromatic nitrogens is 3. The van der Waals surface area contributed by atoms with E-state index < -0.39 is 0 Å². The Balaban J connectivity index is 2.18. The zero-order chi connectivity index (χ0) is 12.3. The molecule has 6 nitrogen and oxygen atoms in total. The average Bonchev–Trinajstić information content (AvgIpc) is 2.69. The smallest absolute Gasteiger partial charge is 0.240 e. The lowest BCUT2D eigenvalue weighted by atomic mass is 10.4. The van der Waals surface area contributed by atoms with Gasteiger partial charge in [0.15, 0.2) is 5.75 Å². The molecule has 2 aromatic rings. The van der Waals surface area contributed by atoms with Gasteiger partial charge in [0.2, 0.25) is 11.8 Å². The number of nitrogens with zero attached hydrogens (tertiary/aromatic N) is 3. The monoisotopic (exact) mass is 234 g/mol. The Morgan fingerprint density at radius 1 is 1.41 bits per heavy atom. The standard InChI is InChI=1S/C11H14N4O2/c1-3-16-11-9(12)4-5-10(14-11)17-8-6-13-15(2)7-8/h4-7H,3,12H2,1-2H3. The average molecular weight is 234 g/mol. The van der Waals surface area contributed by atoms with Crippen molar-refractivity contribution in [2.75, 3.05) is 12.3 Å². The van der Waals surface area contributed by atoms with Gasteiger partial charge in [-0.05, 0) is 13.0 Å². The number of aryl methyl sites for hydroxylation is 1. The van der Waals surface area contributed by atoms with E-state index in [1.807, 2.05) is 14.0 Å². The number of nitrogens with two attached hydrogens (primary N) is 1. The highest BCUT2D eigenvalue weighted by Crippen LogP contribution is 2.25. The van der Waals surface area contributed by atoms with Gasteiger partial charge in [-0.1, -0.05) is 0 Å². The van der Waals surface area contributed by atoms with Crippen LogP contribution in [0.3, 0.4) is 0 Å². The van der Waals surface area contributed by atoms with Gasteiger partial charge in [-0.15, -0.1) is 0 Å². The topological polar surface area (TPSA) is 75.2 Å². The van der Waals surface area contributed by atoms with Crippen molar-refractivity contribution in [3.8, 4) is 17.5 Å². The first-order chi connectivity index (χ1) is 8.19. The van der Waals surface area contributed by atoms with E-state index in [1.54, 1.807) is 29.2 Å². The van der Waals surface area contributed by atoms with Gasteiger partial charge in [0, 0.05) is 13.1 Å². The number of pyridine rings is 1. The SMILES string of the molecule is CCOc1nc(Oc2cnn(C)c2)ccc1N. The van der Waals surface area contributed by atoms with Gasteiger partial charge in [-0.2, -0.15) is 10.1 Å². The van der Waals surface area contributed by atoms with E-state index in [0.717, 1.165) is 0 Å². The summed E-state index contributed by atoms with van der Waals surface area (Å²) >= 11 is 0. The summed E-state index contributed by atoms with van der Waals surface area (Å²) < 4.78 is 12.4. The summed E-state index contributed by atoms with van der Waals surface area (Å²) in [7, 11) is 1.81. The maximum atomic E-state index is 5.71. The van der Waals surface area contributed by atoms with E-state index in [1.165, 1.54) is 0 Å². The quantitative estimate of drug-likeness (QED) is 0.869. The second kappa shape index (κ2) is 4.73. The Morgan fingerprint density at radius 3 is 2.88 bits per heavy atom. The summed E-state index contributed by atoms with van der Waals surface area (Å²) in [6.45, 7) is 2.38. The first kappa shape index (κ1) is 11.3. The van der Waals surface area contributed by atoms with Gasteiger partial charge in [-0.3, -0.25) is 4.68 Å². The van der Waals surface area contributed by atoms with E-state index in [2.05, 4.69) is 10.1 Å². The molecule has 0 radical (unpaired) electrons. The van der Waals surface area contributed by atoms with Crippen LogP contribution in [0.2, 0.25) is 0 Å². The van der Waals surface area contributed by atoms with Crippen molar-refractivity contribution in [2.24, 2.45) is 7.05 Å². The van der Waals surface area contributed by atoms with E-state index >= 15 is 0 Å². The molecule has 0 aliphatic carbocycles. The van der Waals surface area contributed by atoms with Crippen LogP contribution in [0, 0.1) is 0 Å². The van der Waals surface area contributed by atoms with Crippen molar-refractivity contribution in [3.05, 3.63) is 24.5 Å². The molecule has 0 bridgehead atoms. The molecule has 0 atom stereocenters. The molecule has 0 saturated carbocycles. The summed E-state index contributed by atoms with van der Waals surface area (Å²) in [5.41, 5.74) is 6.20. The number of ether oxygens (including phenoxy) is 2. The van der Waals surface area contributed by atoms with Crippen LogP contribution >= 0.6 is 0 Å². The van der Waals surface area contributed by atoms with Gasteiger partial charge in [0.1, 0.15) is 0 Å². The molecular formula is C11H14N4O2. The summed E-state index contributed by atoms with van der Waals surface area (Å²) in [6, 6.07) is 3.38. The van der Waals surface area contributed by atoms with E-state index in [4.69, 9.17) is 15.2 Å². The molecule has 90 valence electrons. The lowest BCUT2D eigenvalue weighted by Crippen LogP contribution is -2.00. The molecule has 6 heteroatoms.